The summed E-state index contributed by atoms with van der Waals surface area (Å²) in [6.45, 7) is 8.74. The molecule has 2 atom stereocenters. The number of amides is 1. The van der Waals surface area contributed by atoms with Gasteiger partial charge in [0.15, 0.2) is 6.10 Å². The van der Waals surface area contributed by atoms with Crippen LogP contribution in [0.1, 0.15) is 50.7 Å². The Labute approximate surface area is 145 Å². The molecule has 0 radical (unpaired) electrons. The molecule has 2 aromatic carbocycles. The lowest BCUT2D eigenvalue weighted by molar-refractivity contribution is -0.127. The predicted octanol–water partition coefficient (Wildman–Crippen LogP) is 4.50. The van der Waals surface area contributed by atoms with Crippen molar-refractivity contribution in [1.82, 2.24) is 5.32 Å². The molecule has 0 fully saturated rings. The fourth-order valence-electron chi connectivity index (χ4n) is 2.61. The van der Waals surface area contributed by atoms with Crippen molar-refractivity contribution >= 4 is 5.91 Å². The lowest BCUT2D eigenvalue weighted by Crippen LogP contribution is -2.38. The first-order valence-electron chi connectivity index (χ1n) is 8.57. The summed E-state index contributed by atoms with van der Waals surface area (Å²) in [5, 5.41) is 2.99. The van der Waals surface area contributed by atoms with Crippen LogP contribution < -0.4 is 10.1 Å². The van der Waals surface area contributed by atoms with Crippen molar-refractivity contribution in [3.8, 4) is 5.75 Å². The number of para-hydroxylation sites is 1. The van der Waals surface area contributed by atoms with E-state index in [9.17, 15) is 4.79 Å². The molecule has 2 rings (SSSR count). The van der Waals surface area contributed by atoms with Crippen LogP contribution in [-0.4, -0.2) is 18.6 Å². The summed E-state index contributed by atoms with van der Waals surface area (Å²) >= 11 is 0. The first-order valence-corrected chi connectivity index (χ1v) is 8.57. The van der Waals surface area contributed by atoms with Gasteiger partial charge in [0.1, 0.15) is 5.75 Å². The SMILES string of the molecule is CC(Oc1ccccc1C(C)C)C(=O)NCC(C)c1ccccc1. The lowest BCUT2D eigenvalue weighted by Gasteiger charge is -2.20. The Morgan fingerprint density at radius 1 is 0.958 bits per heavy atom. The van der Waals surface area contributed by atoms with E-state index >= 15 is 0 Å². The largest absolute Gasteiger partial charge is 0.481 e. The molecule has 0 aliphatic heterocycles. The van der Waals surface area contributed by atoms with Crippen LogP contribution >= 0.6 is 0 Å². The highest BCUT2D eigenvalue weighted by atomic mass is 16.5. The van der Waals surface area contributed by atoms with Crippen LogP contribution in [0.3, 0.4) is 0 Å². The number of carbonyl (C=O) groups is 1. The Morgan fingerprint density at radius 2 is 1.58 bits per heavy atom. The van der Waals surface area contributed by atoms with Gasteiger partial charge in [-0.1, -0.05) is 69.3 Å². The Hall–Kier alpha value is -2.29. The number of nitrogens with one attached hydrogen (secondary N) is 1. The van der Waals surface area contributed by atoms with Crippen molar-refractivity contribution in [3.63, 3.8) is 0 Å². The fourth-order valence-corrected chi connectivity index (χ4v) is 2.61. The molecule has 0 aliphatic carbocycles. The van der Waals surface area contributed by atoms with Crippen LogP contribution in [0.2, 0.25) is 0 Å². The van der Waals surface area contributed by atoms with E-state index in [0.29, 0.717) is 12.5 Å². The van der Waals surface area contributed by atoms with Crippen molar-refractivity contribution in [2.24, 2.45) is 0 Å². The van der Waals surface area contributed by atoms with Gasteiger partial charge in [-0.15, -0.1) is 0 Å². The predicted molar refractivity (Wildman–Crippen MR) is 98.5 cm³/mol. The number of benzene rings is 2. The van der Waals surface area contributed by atoms with Gasteiger partial charge in [0.2, 0.25) is 0 Å². The number of rotatable bonds is 7. The molecule has 0 aliphatic rings. The molecule has 128 valence electrons. The van der Waals surface area contributed by atoms with Gasteiger partial charge in [-0.05, 0) is 36.0 Å². The highest BCUT2D eigenvalue weighted by Gasteiger charge is 2.18. The van der Waals surface area contributed by atoms with Gasteiger partial charge in [0, 0.05) is 6.54 Å². The third-order valence-electron chi connectivity index (χ3n) is 4.17. The zero-order valence-electron chi connectivity index (χ0n) is 15.0. The fraction of sp³-hybridized carbons (Fsp3) is 0.381. The molecule has 24 heavy (non-hydrogen) atoms. The molecule has 0 spiro atoms. The van der Waals surface area contributed by atoms with Crippen LogP contribution in [0, 0.1) is 0 Å². The summed E-state index contributed by atoms with van der Waals surface area (Å²) in [7, 11) is 0. The van der Waals surface area contributed by atoms with Gasteiger partial charge in [-0.3, -0.25) is 4.79 Å². The minimum absolute atomic E-state index is 0.0867. The molecule has 0 saturated carbocycles. The van der Waals surface area contributed by atoms with Crippen molar-refractivity contribution in [3.05, 3.63) is 65.7 Å². The van der Waals surface area contributed by atoms with Gasteiger partial charge in [-0.2, -0.15) is 0 Å². The normalized spacial score (nSPS) is 13.4. The van der Waals surface area contributed by atoms with Crippen LogP contribution in [0.5, 0.6) is 5.75 Å². The zero-order chi connectivity index (χ0) is 17.5. The van der Waals surface area contributed by atoms with Crippen molar-refractivity contribution in [2.45, 2.75) is 45.6 Å². The van der Waals surface area contributed by atoms with Gasteiger partial charge < -0.3 is 10.1 Å². The lowest BCUT2D eigenvalue weighted by atomic mass is 10.0. The van der Waals surface area contributed by atoms with Gasteiger partial charge in [-0.25, -0.2) is 0 Å². The zero-order valence-corrected chi connectivity index (χ0v) is 15.0. The standard InChI is InChI=1S/C21H27NO2/c1-15(2)19-12-8-9-13-20(19)24-17(4)21(23)22-14-16(3)18-10-6-5-7-11-18/h5-13,15-17H,14H2,1-4H3,(H,22,23). The van der Waals surface area contributed by atoms with Crippen LogP contribution in [0.4, 0.5) is 0 Å². The number of ether oxygens (including phenoxy) is 1. The van der Waals surface area contributed by atoms with Crippen LogP contribution in [0.25, 0.3) is 0 Å². The number of carbonyl (C=O) groups excluding carboxylic acids is 1. The third-order valence-corrected chi connectivity index (χ3v) is 4.17. The smallest absolute Gasteiger partial charge is 0.260 e. The Bertz CT molecular complexity index is 652. The van der Waals surface area contributed by atoms with E-state index in [4.69, 9.17) is 4.74 Å². The minimum Gasteiger partial charge on any atom is -0.481 e. The molecule has 3 heteroatoms. The molecule has 2 unspecified atom stereocenters. The maximum absolute atomic E-state index is 12.3. The second-order valence-corrected chi connectivity index (χ2v) is 6.51. The monoisotopic (exact) mass is 325 g/mol. The summed E-state index contributed by atoms with van der Waals surface area (Å²) in [5.41, 5.74) is 2.34. The van der Waals surface area contributed by atoms with Crippen LogP contribution in [0.15, 0.2) is 54.6 Å². The average molecular weight is 325 g/mol. The van der Waals surface area contributed by atoms with E-state index in [-0.39, 0.29) is 11.8 Å². The molecular weight excluding hydrogens is 298 g/mol. The Balaban J connectivity index is 1.91. The molecule has 1 amide bonds. The second-order valence-electron chi connectivity index (χ2n) is 6.51. The minimum atomic E-state index is -0.520. The van der Waals surface area contributed by atoms with E-state index in [2.05, 4.69) is 38.2 Å². The molecule has 0 aromatic heterocycles. The summed E-state index contributed by atoms with van der Waals surface area (Å²) in [5.74, 6) is 1.32. The molecule has 0 heterocycles. The molecule has 1 N–H and O–H groups in total. The molecular formula is C21H27NO2. The number of hydrogen-bond donors (Lipinski definition) is 1. The summed E-state index contributed by atoms with van der Waals surface area (Å²) in [6.07, 6.45) is -0.520. The van der Waals surface area contributed by atoms with E-state index < -0.39 is 6.10 Å². The summed E-state index contributed by atoms with van der Waals surface area (Å²) in [6, 6.07) is 18.1. The van der Waals surface area contributed by atoms with Gasteiger partial charge >= 0.3 is 0 Å². The van der Waals surface area contributed by atoms with Crippen molar-refractivity contribution < 1.29 is 9.53 Å². The van der Waals surface area contributed by atoms with E-state index in [1.165, 1.54) is 5.56 Å². The maximum atomic E-state index is 12.3. The second kappa shape index (κ2) is 8.53. The molecule has 2 aromatic rings. The summed E-state index contributed by atoms with van der Waals surface area (Å²) in [4.78, 5) is 12.3. The third kappa shape index (κ3) is 4.85. The van der Waals surface area contributed by atoms with Crippen molar-refractivity contribution in [2.75, 3.05) is 6.54 Å². The number of hydrogen-bond acceptors (Lipinski definition) is 2. The van der Waals surface area contributed by atoms with E-state index in [1.807, 2.05) is 42.5 Å². The molecule has 0 saturated heterocycles. The molecule has 0 bridgehead atoms. The first kappa shape index (κ1) is 18.1. The van der Waals surface area contributed by atoms with Gasteiger partial charge in [0.05, 0.1) is 0 Å². The topological polar surface area (TPSA) is 38.3 Å². The van der Waals surface area contributed by atoms with Crippen molar-refractivity contribution in [1.29, 1.82) is 0 Å². The Morgan fingerprint density at radius 3 is 2.25 bits per heavy atom. The maximum Gasteiger partial charge on any atom is 0.260 e. The Kier molecular flexibility index (Phi) is 6.42. The average Bonchev–Trinajstić information content (AvgIpc) is 2.60. The highest BCUT2D eigenvalue weighted by molar-refractivity contribution is 5.80. The van der Waals surface area contributed by atoms with E-state index in [1.54, 1.807) is 6.92 Å². The molecule has 3 nitrogen and oxygen atoms in total. The highest BCUT2D eigenvalue weighted by Crippen LogP contribution is 2.26. The van der Waals surface area contributed by atoms with Gasteiger partial charge in [0.25, 0.3) is 5.91 Å². The van der Waals surface area contributed by atoms with Crippen LogP contribution in [-0.2, 0) is 4.79 Å². The summed E-state index contributed by atoms with van der Waals surface area (Å²) < 4.78 is 5.89. The first-order chi connectivity index (χ1) is 11.5. The van der Waals surface area contributed by atoms with E-state index in [0.717, 1.165) is 11.3 Å². The quantitative estimate of drug-likeness (QED) is 0.814.